The van der Waals surface area contributed by atoms with Gasteiger partial charge in [0, 0.05) is 0 Å². The minimum absolute atomic E-state index is 0.270. The van der Waals surface area contributed by atoms with Crippen LogP contribution in [0.1, 0.15) is 26.3 Å². The van der Waals surface area contributed by atoms with E-state index in [1.54, 1.807) is 26.8 Å². The minimum atomic E-state index is -0.666. The molecule has 2 atom stereocenters. The Balaban J connectivity index is 2.10. The van der Waals surface area contributed by atoms with Crippen LogP contribution >= 0.6 is 0 Å². The smallest absolute Gasteiger partial charge is 0.411 e. The normalized spacial score (nSPS) is 20.7. The maximum Gasteiger partial charge on any atom is 0.411 e. The van der Waals surface area contributed by atoms with E-state index in [1.165, 1.54) is 4.90 Å². The predicted molar refractivity (Wildman–Crippen MR) is 89.1 cm³/mol. The van der Waals surface area contributed by atoms with Gasteiger partial charge >= 0.3 is 6.09 Å². The highest BCUT2D eigenvalue weighted by Crippen LogP contribution is 2.27. The van der Waals surface area contributed by atoms with E-state index in [4.69, 9.17) is 9.47 Å². The summed E-state index contributed by atoms with van der Waals surface area (Å²) in [5.41, 5.74) is 0.316. The molecule has 1 amide bonds. The summed E-state index contributed by atoms with van der Waals surface area (Å²) in [7, 11) is 0. The Morgan fingerprint density at radius 2 is 1.83 bits per heavy atom. The zero-order chi connectivity index (χ0) is 17.7. The zero-order valence-corrected chi connectivity index (χ0v) is 14.3. The van der Waals surface area contributed by atoms with Crippen molar-refractivity contribution in [1.29, 1.82) is 0 Å². The van der Waals surface area contributed by atoms with E-state index in [1.807, 2.05) is 30.3 Å². The van der Waals surface area contributed by atoms with Crippen LogP contribution in [0.15, 0.2) is 42.2 Å². The molecule has 1 aliphatic rings. The number of amides is 1. The van der Waals surface area contributed by atoms with Crippen molar-refractivity contribution in [3.05, 3.63) is 47.7 Å². The summed E-state index contributed by atoms with van der Waals surface area (Å²) in [6, 6.07) is 8.35. The second kappa shape index (κ2) is 7.68. The third kappa shape index (κ3) is 4.49. The molecular formula is C18H25NO5. The first-order valence-corrected chi connectivity index (χ1v) is 7.97. The van der Waals surface area contributed by atoms with Crippen molar-refractivity contribution in [3.63, 3.8) is 0 Å². The molecule has 1 aromatic carbocycles. The Kier molecular flexibility index (Phi) is 5.85. The molecule has 0 spiro atoms. The number of nitrogens with zero attached hydrogens (tertiary/aromatic N) is 1. The number of carbonyl (C=O) groups is 1. The average Bonchev–Trinajstić information content (AvgIpc) is 2.90. The van der Waals surface area contributed by atoms with E-state index in [0.29, 0.717) is 12.4 Å². The van der Waals surface area contributed by atoms with Crippen molar-refractivity contribution < 1.29 is 24.5 Å². The lowest BCUT2D eigenvalue weighted by Crippen LogP contribution is -2.48. The number of benzene rings is 1. The number of carbonyl (C=O) groups excluding carboxylic acids is 1. The summed E-state index contributed by atoms with van der Waals surface area (Å²) in [5, 5.41) is 19.3. The summed E-state index contributed by atoms with van der Waals surface area (Å²) in [5.74, 6) is 0.464. The first kappa shape index (κ1) is 18.3. The Labute approximate surface area is 142 Å². The van der Waals surface area contributed by atoms with E-state index in [9.17, 15) is 15.0 Å². The van der Waals surface area contributed by atoms with Gasteiger partial charge in [0.05, 0.1) is 19.3 Å². The molecule has 1 aromatic rings. The maximum absolute atomic E-state index is 12.4. The third-order valence-corrected chi connectivity index (χ3v) is 3.59. The Morgan fingerprint density at radius 1 is 1.17 bits per heavy atom. The van der Waals surface area contributed by atoms with Gasteiger partial charge in [0.2, 0.25) is 0 Å². The standard InChI is InChI=1S/C18H25NO5/c1-18(2,3)24-17(22)19-14(10-20)9-16(15(19)11-21)23-12-13-7-5-4-6-8-13/h4-9,14-15,20-21H,10-12H2,1-3H3/t14-,15-/m1/s1. The van der Waals surface area contributed by atoms with Gasteiger partial charge in [0.15, 0.2) is 0 Å². The highest BCUT2D eigenvalue weighted by atomic mass is 16.6. The van der Waals surface area contributed by atoms with Crippen molar-refractivity contribution in [1.82, 2.24) is 4.90 Å². The number of aliphatic hydroxyl groups is 2. The number of ether oxygens (including phenoxy) is 2. The predicted octanol–water partition coefficient (Wildman–Crippen LogP) is 2.06. The summed E-state index contributed by atoms with van der Waals surface area (Å²) < 4.78 is 11.1. The van der Waals surface area contributed by atoms with Crippen LogP contribution in [0.4, 0.5) is 4.79 Å². The molecule has 0 saturated carbocycles. The topological polar surface area (TPSA) is 79.2 Å². The molecule has 0 saturated heterocycles. The molecule has 24 heavy (non-hydrogen) atoms. The number of hydrogen-bond donors (Lipinski definition) is 2. The second-order valence-corrected chi connectivity index (χ2v) is 6.68. The molecule has 132 valence electrons. The highest BCUT2D eigenvalue weighted by molar-refractivity contribution is 5.71. The van der Waals surface area contributed by atoms with Gasteiger partial charge < -0.3 is 19.7 Å². The minimum Gasteiger partial charge on any atom is -0.491 e. The van der Waals surface area contributed by atoms with Gasteiger partial charge in [-0.3, -0.25) is 4.90 Å². The van der Waals surface area contributed by atoms with E-state index in [0.717, 1.165) is 5.56 Å². The molecule has 0 bridgehead atoms. The van der Waals surface area contributed by atoms with Gasteiger partial charge in [-0.05, 0) is 32.4 Å². The highest BCUT2D eigenvalue weighted by Gasteiger charge is 2.40. The Morgan fingerprint density at radius 3 is 2.38 bits per heavy atom. The number of aliphatic hydroxyl groups excluding tert-OH is 2. The van der Waals surface area contributed by atoms with Gasteiger partial charge in [-0.15, -0.1) is 0 Å². The van der Waals surface area contributed by atoms with Crippen molar-refractivity contribution in [2.75, 3.05) is 13.2 Å². The molecule has 0 aliphatic carbocycles. The van der Waals surface area contributed by atoms with Crippen molar-refractivity contribution >= 4 is 6.09 Å². The summed E-state index contributed by atoms with van der Waals surface area (Å²) in [6.45, 7) is 5.04. The van der Waals surface area contributed by atoms with Crippen LogP contribution in [0.2, 0.25) is 0 Å². The van der Waals surface area contributed by atoms with Crippen molar-refractivity contribution in [3.8, 4) is 0 Å². The number of hydrogen-bond acceptors (Lipinski definition) is 5. The van der Waals surface area contributed by atoms with E-state index >= 15 is 0 Å². The second-order valence-electron chi connectivity index (χ2n) is 6.68. The molecule has 1 aliphatic heterocycles. The monoisotopic (exact) mass is 335 g/mol. The Bertz CT molecular complexity index is 579. The lowest BCUT2D eigenvalue weighted by Gasteiger charge is -2.31. The molecule has 2 N–H and O–H groups in total. The lowest BCUT2D eigenvalue weighted by atomic mass is 10.2. The third-order valence-electron chi connectivity index (χ3n) is 3.59. The maximum atomic E-state index is 12.4. The molecule has 0 radical (unpaired) electrons. The van der Waals surface area contributed by atoms with Gasteiger partial charge in [0.25, 0.3) is 0 Å². The molecule has 0 aromatic heterocycles. The van der Waals surface area contributed by atoms with Crippen molar-refractivity contribution in [2.45, 2.75) is 45.1 Å². The molecular weight excluding hydrogens is 310 g/mol. The first-order valence-electron chi connectivity index (χ1n) is 7.97. The molecule has 2 rings (SSSR count). The fourth-order valence-electron chi connectivity index (χ4n) is 2.53. The molecule has 0 unspecified atom stereocenters. The fourth-order valence-corrected chi connectivity index (χ4v) is 2.53. The fraction of sp³-hybridized carbons (Fsp3) is 0.500. The SMILES string of the molecule is CC(C)(C)OC(=O)N1[C@@H](CO)C=C(OCc2ccccc2)[C@H]1CO. The van der Waals surface area contributed by atoms with Crippen LogP contribution in [0.5, 0.6) is 0 Å². The molecule has 6 heteroatoms. The zero-order valence-electron chi connectivity index (χ0n) is 14.3. The van der Waals surface area contributed by atoms with Crippen LogP contribution in [-0.2, 0) is 16.1 Å². The van der Waals surface area contributed by atoms with Crippen LogP contribution in [0.25, 0.3) is 0 Å². The van der Waals surface area contributed by atoms with Crippen LogP contribution in [-0.4, -0.2) is 52.1 Å². The van der Waals surface area contributed by atoms with Gasteiger partial charge in [-0.1, -0.05) is 30.3 Å². The van der Waals surface area contributed by atoms with Gasteiger partial charge in [-0.25, -0.2) is 4.79 Å². The molecule has 6 nitrogen and oxygen atoms in total. The quantitative estimate of drug-likeness (QED) is 0.861. The van der Waals surface area contributed by atoms with Crippen LogP contribution in [0.3, 0.4) is 0 Å². The number of rotatable bonds is 5. The van der Waals surface area contributed by atoms with E-state index in [-0.39, 0.29) is 13.2 Å². The summed E-state index contributed by atoms with van der Waals surface area (Å²) in [6.07, 6.45) is 1.07. The Hall–Kier alpha value is -2.05. The summed E-state index contributed by atoms with van der Waals surface area (Å²) in [4.78, 5) is 13.7. The van der Waals surface area contributed by atoms with Crippen LogP contribution < -0.4 is 0 Å². The lowest BCUT2D eigenvalue weighted by molar-refractivity contribution is -0.000361. The van der Waals surface area contributed by atoms with Gasteiger partial charge in [-0.2, -0.15) is 0 Å². The first-order chi connectivity index (χ1) is 11.4. The largest absolute Gasteiger partial charge is 0.491 e. The molecule has 0 fully saturated rings. The molecule has 1 heterocycles. The van der Waals surface area contributed by atoms with E-state index < -0.39 is 23.8 Å². The average molecular weight is 335 g/mol. The summed E-state index contributed by atoms with van der Waals surface area (Å²) >= 11 is 0. The van der Waals surface area contributed by atoms with Gasteiger partial charge in [0.1, 0.15) is 24.0 Å². The van der Waals surface area contributed by atoms with Crippen LogP contribution in [0, 0.1) is 0 Å². The van der Waals surface area contributed by atoms with Crippen molar-refractivity contribution in [2.24, 2.45) is 0 Å². The van der Waals surface area contributed by atoms with E-state index in [2.05, 4.69) is 0 Å².